The van der Waals surface area contributed by atoms with Gasteiger partial charge in [0.1, 0.15) is 6.10 Å². The van der Waals surface area contributed by atoms with Crippen LogP contribution >= 0.6 is 0 Å². The highest BCUT2D eigenvalue weighted by molar-refractivity contribution is 5.75. The summed E-state index contributed by atoms with van der Waals surface area (Å²) in [5.41, 5.74) is -1.33. The summed E-state index contributed by atoms with van der Waals surface area (Å²) in [5.74, 6) is -35.2. The van der Waals surface area contributed by atoms with Gasteiger partial charge in [0, 0.05) is 271 Å². The molecule has 4 saturated carbocycles. The molecule has 4 aliphatic carbocycles. The van der Waals surface area contributed by atoms with Crippen molar-refractivity contribution in [1.29, 1.82) is 0 Å². The number of halogens is 13. The number of hydrogen-bond donors (Lipinski definition) is 0. The van der Waals surface area contributed by atoms with Crippen LogP contribution in [-0.2, 0) is 123 Å². The van der Waals surface area contributed by atoms with Crippen LogP contribution < -0.4 is 0 Å². The Bertz CT molecular complexity index is 2670. The van der Waals surface area contributed by atoms with E-state index in [-0.39, 0.29) is 80.9 Å². The van der Waals surface area contributed by atoms with Crippen molar-refractivity contribution in [3.05, 3.63) is 0 Å². The quantitative estimate of drug-likeness (QED) is 0.0237. The van der Waals surface area contributed by atoms with Crippen molar-refractivity contribution >= 4 is 17.9 Å². The first-order chi connectivity index (χ1) is 64.3. The van der Waals surface area contributed by atoms with Crippen molar-refractivity contribution in [3.63, 3.8) is 0 Å². The van der Waals surface area contributed by atoms with Crippen molar-refractivity contribution in [1.82, 2.24) is 0 Å². The van der Waals surface area contributed by atoms with E-state index in [0.29, 0.717) is 243 Å². The van der Waals surface area contributed by atoms with Gasteiger partial charge in [0.2, 0.25) is 0 Å². The number of carbonyl (C=O) groups excluding carboxylic acids is 3. The normalized spacial score (nSPS) is 16.2. The molecule has 26 nitrogen and oxygen atoms in total. The molecular weight excluding hydrogens is 1880 g/mol. The molecule has 0 saturated heterocycles. The molecule has 0 heterocycles. The molecule has 0 radical (unpaired) electrons. The van der Waals surface area contributed by atoms with Crippen LogP contribution in [0.5, 0.6) is 0 Å². The van der Waals surface area contributed by atoms with E-state index in [1.807, 2.05) is 20.8 Å². The molecule has 4 bridgehead atoms. The molecule has 0 aliphatic heterocycles. The number of esters is 3. The molecule has 4 fully saturated rings. The average Bonchev–Trinajstić information content (AvgIpc) is 0.709. The summed E-state index contributed by atoms with van der Waals surface area (Å²) in [6, 6.07) is 0. The molecule has 4 rings (SSSR count). The second kappa shape index (κ2) is 94.2. The Labute approximate surface area is 835 Å². The molecule has 0 spiro atoms. The lowest BCUT2D eigenvalue weighted by atomic mass is 9.55. The van der Waals surface area contributed by atoms with E-state index in [1.165, 1.54) is 52.9 Å². The molecule has 140 heavy (non-hydrogen) atoms. The third kappa shape index (κ3) is 71.4. The smallest absolute Gasteiger partial charge is 0.460 e. The second-order valence-electron chi connectivity index (χ2n) is 34.4. The highest BCUT2D eigenvalue weighted by Gasteiger charge is 2.90. The fourth-order valence-electron chi connectivity index (χ4n) is 13.7. The number of rotatable bonds is 94. The SMILES string of the molecule is C.C.C.C.C.C.CCC(C)(C)C(=O)OCCC(F)(F)C(F)(F)C(F)(F)C(F)(F)C(F)(F)C(F)(F)F.CCC(C)C(=O)OC1C2CC3CC(C2)CC1C3.CCC(C)C(=O)OCCCOCCCOCCCOCCCOCCCOCCCOCCCOCCCOCCCOCCCOCCCOCCCOCCCOCCCOCCCOCCCOCCCOCCCOCCCOCCCOC. The van der Waals surface area contributed by atoms with Gasteiger partial charge >= 0.3 is 53.7 Å². The van der Waals surface area contributed by atoms with E-state index in [9.17, 15) is 71.5 Å². The molecule has 0 aromatic carbocycles. The molecule has 2 unspecified atom stereocenters. The van der Waals surface area contributed by atoms with E-state index in [1.54, 1.807) is 7.11 Å². The molecule has 846 valence electrons. The summed E-state index contributed by atoms with van der Waals surface area (Å²) in [6.07, 6.45) is 16.4. The summed E-state index contributed by atoms with van der Waals surface area (Å²) >= 11 is 0. The summed E-state index contributed by atoms with van der Waals surface area (Å²) in [5, 5.41) is 0. The van der Waals surface area contributed by atoms with Gasteiger partial charge in [0.15, 0.2) is 0 Å². The zero-order valence-electron chi connectivity index (χ0n) is 82.1. The first-order valence-electron chi connectivity index (χ1n) is 49.3. The Kier molecular flexibility index (Phi) is 99.1. The van der Waals surface area contributed by atoms with Crippen LogP contribution in [0.3, 0.4) is 0 Å². The topological polar surface area (TPSA) is 263 Å². The minimum atomic E-state index is -7.94. The Morgan fingerprint density at radius 2 is 0.464 bits per heavy atom. The molecule has 0 N–H and O–H groups in total. The largest absolute Gasteiger partial charge is 0.465 e. The highest BCUT2D eigenvalue weighted by Crippen LogP contribution is 2.61. The number of alkyl halides is 13. The lowest BCUT2D eigenvalue weighted by Crippen LogP contribution is -2.70. The van der Waals surface area contributed by atoms with Gasteiger partial charge in [-0.15, -0.1) is 0 Å². The van der Waals surface area contributed by atoms with Crippen LogP contribution in [0.2, 0.25) is 0 Å². The van der Waals surface area contributed by atoms with Crippen molar-refractivity contribution in [3.8, 4) is 0 Å². The first kappa shape index (κ1) is 147. The number of methoxy groups -OCH3 is 1. The molecule has 4 aliphatic rings. The van der Waals surface area contributed by atoms with Crippen LogP contribution in [0.15, 0.2) is 0 Å². The maximum absolute atomic E-state index is 13.5. The Morgan fingerprint density at radius 1 is 0.264 bits per heavy atom. The van der Waals surface area contributed by atoms with Crippen LogP contribution in [0.4, 0.5) is 57.1 Å². The van der Waals surface area contributed by atoms with Crippen LogP contribution in [0, 0.1) is 40.9 Å². The van der Waals surface area contributed by atoms with E-state index in [4.69, 9.17) is 104 Å². The van der Waals surface area contributed by atoms with Crippen LogP contribution in [-0.4, -0.2) is 338 Å². The zero-order valence-corrected chi connectivity index (χ0v) is 82.1. The van der Waals surface area contributed by atoms with Crippen molar-refractivity contribution in [2.45, 2.75) is 321 Å². The van der Waals surface area contributed by atoms with Gasteiger partial charge in [-0.25, -0.2) is 0 Å². The summed E-state index contributed by atoms with van der Waals surface area (Å²) in [6.45, 7) is 37.7. The van der Waals surface area contributed by atoms with Gasteiger partial charge in [-0.05, 0) is 211 Å². The van der Waals surface area contributed by atoms with Gasteiger partial charge in [-0.1, -0.05) is 79.2 Å². The number of hydrogen-bond acceptors (Lipinski definition) is 26. The predicted molar refractivity (Wildman–Crippen MR) is 517 cm³/mol. The van der Waals surface area contributed by atoms with E-state index >= 15 is 0 Å². The van der Waals surface area contributed by atoms with Gasteiger partial charge in [0.05, 0.1) is 36.9 Å². The Hall–Kier alpha value is -3.30. The fraction of sp³-hybridized carbons (Fsp3) is 0.970. The highest BCUT2D eigenvalue weighted by atomic mass is 19.4. The minimum Gasteiger partial charge on any atom is -0.465 e. The molecule has 0 amide bonds. The van der Waals surface area contributed by atoms with Gasteiger partial charge < -0.3 is 109 Å². The number of ether oxygens (including phenoxy) is 23. The van der Waals surface area contributed by atoms with Gasteiger partial charge in [-0.2, -0.15) is 57.1 Å². The zero-order chi connectivity index (χ0) is 99.0. The van der Waals surface area contributed by atoms with E-state index in [2.05, 4.69) is 11.7 Å². The standard InChI is InChI=1S/C66H132O22.C15H24O2.C14H15F13O2.6CH4/c1-4-65(2)66(67)88-64-24-63-87-62-23-61-86-60-22-59-85-58-21-57-84-56-20-55-83-54-19-53-82-52-18-51-81-50-17-49-80-48-16-47-79-46-15-45-78-44-14-43-77-42-13-41-76-40-12-39-75-38-11-37-74-36-10-35-73-34-9-33-72-32-8-31-71-30-7-29-70-28-6-27-69-26-5-25-68-3;1-3-9(2)15(16)17-14-12-5-10-4-11(7-12)8-13(14)6-10;1-4-8(2,3)7(28)29-6-5-9(15,16)10(17,18)11(19,20)12(21,22)13(23,24)14(25,26)27;;;;;;/h65H,4-64H2,1-3H3;9-14H,3-8H2,1-2H3;4-6H2,1-3H3;6*1H4. The summed E-state index contributed by atoms with van der Waals surface area (Å²) < 4.78 is 295. The third-order valence-corrected chi connectivity index (χ3v) is 22.2. The van der Waals surface area contributed by atoms with Crippen molar-refractivity contribution in [2.75, 3.05) is 278 Å². The third-order valence-electron chi connectivity index (χ3n) is 22.2. The number of carbonyl (C=O) groups is 3. The van der Waals surface area contributed by atoms with Gasteiger partial charge in [0.25, 0.3) is 0 Å². The lowest BCUT2D eigenvalue weighted by Gasteiger charge is -2.53. The maximum Gasteiger partial charge on any atom is 0.460 e. The van der Waals surface area contributed by atoms with Gasteiger partial charge in [-0.3, -0.25) is 14.4 Å². The summed E-state index contributed by atoms with van der Waals surface area (Å²) in [4.78, 5) is 35.0. The molecular formula is C101H195F13O26. The van der Waals surface area contributed by atoms with Crippen molar-refractivity contribution < 1.29 is 180 Å². The molecule has 0 aromatic heterocycles. The van der Waals surface area contributed by atoms with Crippen LogP contribution in [0.25, 0.3) is 0 Å². The van der Waals surface area contributed by atoms with E-state index in [0.717, 1.165) is 186 Å². The molecule has 2 atom stereocenters. The fourth-order valence-corrected chi connectivity index (χ4v) is 13.7. The Morgan fingerprint density at radius 3 is 0.664 bits per heavy atom. The predicted octanol–water partition coefficient (Wildman–Crippen LogP) is 22.7. The monoisotopic (exact) mass is 2070 g/mol. The Balaban J connectivity index is -0.000000697. The molecule has 39 heteroatoms. The second-order valence-corrected chi connectivity index (χ2v) is 34.4. The molecule has 0 aromatic rings. The first-order valence-corrected chi connectivity index (χ1v) is 49.3. The average molecular weight is 2070 g/mol. The summed E-state index contributed by atoms with van der Waals surface area (Å²) in [7, 11) is 1.71. The lowest BCUT2D eigenvalue weighted by molar-refractivity contribution is -0.440. The maximum atomic E-state index is 13.5. The minimum absolute atomic E-state index is 0. The van der Waals surface area contributed by atoms with E-state index < -0.39 is 60.2 Å². The van der Waals surface area contributed by atoms with Crippen LogP contribution in [0.1, 0.15) is 279 Å². The van der Waals surface area contributed by atoms with Crippen molar-refractivity contribution in [2.24, 2.45) is 40.9 Å².